The van der Waals surface area contributed by atoms with Gasteiger partial charge in [-0.15, -0.1) is 6.58 Å². The molecule has 0 radical (unpaired) electrons. The SMILES string of the molecule is C=CC[C@H]1C[C@H]2C[C@H]3CCC[C@@H](C[C@@H](O)CC(=C)O[C@@H](CO)CC4C/C(=C\C(=O)OC)[C@H](OC(=O)CCCCCCC)[C@@](O)(O4)C(C)(C)/C=C/[C@H](O2)O1)O3. The summed E-state index contributed by atoms with van der Waals surface area (Å²) >= 11 is 0. The van der Waals surface area contributed by atoms with Crippen molar-refractivity contribution in [2.24, 2.45) is 5.41 Å². The number of methoxy groups -OCH3 is 1. The molecule has 4 rings (SSSR count). The van der Waals surface area contributed by atoms with E-state index in [1.165, 1.54) is 13.2 Å². The number of aliphatic hydroxyl groups excluding tert-OH is 2. The largest absolute Gasteiger partial charge is 0.493 e. The standard InChI is InChI=1S/C42H66O12/c1-7-9-10-11-12-17-37(45)53-40-29(22-38(46)48-6)21-35-26-36(27-43)49-28(3)20-30(44)23-32-15-13-16-33(50-32)25-34-24-31(14-8-2)51-39(52-34)18-19-41(4,5)42(40,47)54-35/h8,18-19,22,30-36,39-40,43-44,47H,2-3,7,9-17,20-21,23-27H2,1,4-6H3/b19-18+,29-22+/t30-,31-,32-,33+,34-,35?,36+,39-,40-,42+/m0/s1. The first-order valence-corrected chi connectivity index (χ1v) is 20.1. The first kappa shape index (κ1) is 44.1. The highest BCUT2D eigenvalue weighted by molar-refractivity contribution is 5.83. The number of unbranched alkanes of at least 4 members (excludes halogenated alkanes) is 4. The molecule has 0 aromatic heterocycles. The van der Waals surface area contributed by atoms with Crippen molar-refractivity contribution in [3.8, 4) is 0 Å². The van der Waals surface area contributed by atoms with Gasteiger partial charge in [-0.1, -0.05) is 65.2 Å². The van der Waals surface area contributed by atoms with Gasteiger partial charge in [-0.2, -0.15) is 0 Å². The molecule has 10 atom stereocenters. The van der Waals surface area contributed by atoms with E-state index >= 15 is 0 Å². The van der Waals surface area contributed by atoms with Crippen LogP contribution in [0.2, 0.25) is 0 Å². The van der Waals surface area contributed by atoms with Gasteiger partial charge < -0.3 is 48.5 Å². The van der Waals surface area contributed by atoms with Crippen LogP contribution in [0, 0.1) is 5.41 Å². The lowest BCUT2D eigenvalue weighted by atomic mass is 9.74. The Morgan fingerprint density at radius 2 is 1.69 bits per heavy atom. The number of hydrogen-bond donors (Lipinski definition) is 3. The van der Waals surface area contributed by atoms with E-state index < -0.39 is 60.5 Å². The van der Waals surface area contributed by atoms with Crippen LogP contribution in [0.5, 0.6) is 0 Å². The van der Waals surface area contributed by atoms with E-state index in [1.54, 1.807) is 26.0 Å². The molecule has 0 amide bonds. The molecule has 12 heteroatoms. The van der Waals surface area contributed by atoms with Crippen LogP contribution < -0.4 is 0 Å². The van der Waals surface area contributed by atoms with Crippen molar-refractivity contribution in [1.82, 2.24) is 0 Å². The van der Waals surface area contributed by atoms with Crippen LogP contribution in [-0.4, -0.2) is 102 Å². The van der Waals surface area contributed by atoms with Crippen LogP contribution in [0.15, 0.2) is 48.8 Å². The van der Waals surface area contributed by atoms with Gasteiger partial charge in [0.15, 0.2) is 12.4 Å². The molecular formula is C42H66O12. The first-order valence-electron chi connectivity index (χ1n) is 20.1. The molecule has 306 valence electrons. The maximum Gasteiger partial charge on any atom is 0.330 e. The van der Waals surface area contributed by atoms with E-state index in [9.17, 15) is 24.9 Å². The smallest absolute Gasteiger partial charge is 0.330 e. The summed E-state index contributed by atoms with van der Waals surface area (Å²) in [7, 11) is 1.25. The van der Waals surface area contributed by atoms with Crippen molar-refractivity contribution in [3.63, 3.8) is 0 Å². The zero-order chi connectivity index (χ0) is 39.3. The summed E-state index contributed by atoms with van der Waals surface area (Å²) < 4.78 is 42.9. The minimum absolute atomic E-state index is 0.0521. The Labute approximate surface area is 321 Å². The minimum atomic E-state index is -2.21. The number of ether oxygens (including phenoxy) is 7. The lowest BCUT2D eigenvalue weighted by Crippen LogP contribution is -2.62. The van der Waals surface area contributed by atoms with Gasteiger partial charge in [-0.05, 0) is 56.6 Å². The number of carbonyl (C=O) groups is 2. The van der Waals surface area contributed by atoms with Crippen molar-refractivity contribution < 1.29 is 58.1 Å². The second kappa shape index (κ2) is 21.1. The molecule has 0 saturated carbocycles. The summed E-state index contributed by atoms with van der Waals surface area (Å²) in [5.74, 6) is -3.12. The Balaban J connectivity index is 1.72. The van der Waals surface area contributed by atoms with Gasteiger partial charge in [-0.25, -0.2) is 4.79 Å². The van der Waals surface area contributed by atoms with E-state index in [-0.39, 0.29) is 50.1 Å². The predicted octanol–water partition coefficient (Wildman–Crippen LogP) is 6.26. The zero-order valence-electron chi connectivity index (χ0n) is 33.0. The Hall–Kier alpha value is -2.58. The topological polar surface area (TPSA) is 159 Å². The molecule has 3 N–H and O–H groups in total. The highest BCUT2D eigenvalue weighted by atomic mass is 16.7. The fourth-order valence-electron chi connectivity index (χ4n) is 8.01. The van der Waals surface area contributed by atoms with Gasteiger partial charge in [0.1, 0.15) is 6.10 Å². The van der Waals surface area contributed by atoms with Gasteiger partial charge >= 0.3 is 11.9 Å². The Kier molecular flexibility index (Phi) is 17.2. The summed E-state index contributed by atoms with van der Waals surface area (Å²) in [6.07, 6.45) is 11.6. The molecule has 54 heavy (non-hydrogen) atoms. The fourth-order valence-corrected chi connectivity index (χ4v) is 8.01. The lowest BCUT2D eigenvalue weighted by molar-refractivity contribution is -0.327. The Morgan fingerprint density at radius 1 is 0.963 bits per heavy atom. The van der Waals surface area contributed by atoms with Crippen LogP contribution in [0.3, 0.4) is 0 Å². The van der Waals surface area contributed by atoms with Crippen molar-refractivity contribution in [2.75, 3.05) is 13.7 Å². The second-order valence-corrected chi connectivity index (χ2v) is 16.0. The first-order chi connectivity index (χ1) is 25.8. The number of rotatable bonds is 11. The summed E-state index contributed by atoms with van der Waals surface area (Å²) in [4.78, 5) is 26.1. The Morgan fingerprint density at radius 3 is 2.39 bits per heavy atom. The molecule has 1 unspecified atom stereocenters. The maximum absolute atomic E-state index is 13.4. The van der Waals surface area contributed by atoms with Crippen molar-refractivity contribution in [2.45, 2.75) is 184 Å². The van der Waals surface area contributed by atoms with Crippen molar-refractivity contribution in [1.29, 1.82) is 0 Å². The molecule has 12 nitrogen and oxygen atoms in total. The monoisotopic (exact) mass is 762 g/mol. The van der Waals surface area contributed by atoms with Crippen LogP contribution in [0.25, 0.3) is 0 Å². The number of hydrogen-bond acceptors (Lipinski definition) is 12. The van der Waals surface area contributed by atoms with Crippen LogP contribution in [0.4, 0.5) is 0 Å². The molecular weight excluding hydrogens is 696 g/mol. The van der Waals surface area contributed by atoms with Gasteiger partial charge in [0.05, 0.1) is 56.1 Å². The third kappa shape index (κ3) is 12.7. The van der Waals surface area contributed by atoms with Crippen LogP contribution in [0.1, 0.15) is 124 Å². The molecule has 4 aliphatic heterocycles. The average Bonchev–Trinajstić information content (AvgIpc) is 3.11. The molecule has 0 spiro atoms. The number of fused-ring (bicyclic) bond motifs is 6. The highest BCUT2D eigenvalue weighted by Crippen LogP contribution is 2.47. The summed E-state index contributed by atoms with van der Waals surface area (Å²) in [5.41, 5.74) is -0.970. The maximum atomic E-state index is 13.4. The molecule has 6 bridgehead atoms. The van der Waals surface area contributed by atoms with Crippen molar-refractivity contribution in [3.05, 3.63) is 48.8 Å². The summed E-state index contributed by atoms with van der Waals surface area (Å²) in [6.45, 7) is 13.2. The van der Waals surface area contributed by atoms with Gasteiger partial charge in [0.25, 0.3) is 0 Å². The molecule has 3 fully saturated rings. The van der Waals surface area contributed by atoms with Crippen LogP contribution >= 0.6 is 0 Å². The number of carbonyl (C=O) groups excluding carboxylic acids is 2. The third-order valence-corrected chi connectivity index (χ3v) is 11.0. The molecule has 4 heterocycles. The van der Waals surface area contributed by atoms with E-state index in [4.69, 9.17) is 33.2 Å². The van der Waals surface area contributed by atoms with E-state index in [0.29, 0.717) is 43.4 Å². The van der Waals surface area contributed by atoms with E-state index in [1.807, 2.05) is 6.08 Å². The summed E-state index contributed by atoms with van der Waals surface area (Å²) in [6, 6.07) is 0. The van der Waals surface area contributed by atoms with Gasteiger partial charge in [0, 0.05) is 43.6 Å². The third-order valence-electron chi connectivity index (χ3n) is 11.0. The molecule has 0 aromatic carbocycles. The fraction of sp³-hybridized carbons (Fsp3) is 0.762. The molecule has 4 aliphatic rings. The van der Waals surface area contributed by atoms with Crippen LogP contribution in [-0.2, 0) is 42.7 Å². The minimum Gasteiger partial charge on any atom is -0.493 e. The average molecular weight is 763 g/mol. The van der Waals surface area contributed by atoms with Gasteiger partial charge in [0.2, 0.25) is 5.79 Å². The Bertz CT molecular complexity index is 1290. The second-order valence-electron chi connectivity index (χ2n) is 16.0. The van der Waals surface area contributed by atoms with Crippen molar-refractivity contribution >= 4 is 11.9 Å². The predicted molar refractivity (Wildman–Crippen MR) is 202 cm³/mol. The normalized spacial score (nSPS) is 36.3. The zero-order valence-corrected chi connectivity index (χ0v) is 33.0. The van der Waals surface area contributed by atoms with E-state index in [2.05, 4.69) is 20.1 Å². The molecule has 0 aliphatic carbocycles. The molecule has 0 aromatic rings. The quantitative estimate of drug-likeness (QED) is 0.0941. The van der Waals surface area contributed by atoms with Gasteiger partial charge in [-0.3, -0.25) is 4.79 Å². The lowest BCUT2D eigenvalue weighted by Gasteiger charge is -2.51. The molecule has 3 saturated heterocycles. The number of esters is 2. The highest BCUT2D eigenvalue weighted by Gasteiger charge is 2.57. The van der Waals surface area contributed by atoms with E-state index in [0.717, 1.165) is 44.9 Å². The number of aliphatic hydroxyl groups is 3. The summed E-state index contributed by atoms with van der Waals surface area (Å²) in [5, 5.41) is 34.2.